The van der Waals surface area contributed by atoms with Gasteiger partial charge in [-0.1, -0.05) is 18.2 Å². The lowest BCUT2D eigenvalue weighted by Crippen LogP contribution is -2.43. The van der Waals surface area contributed by atoms with Gasteiger partial charge in [0.15, 0.2) is 11.5 Å². The van der Waals surface area contributed by atoms with E-state index in [1.807, 2.05) is 30.6 Å². The van der Waals surface area contributed by atoms with Gasteiger partial charge in [-0.25, -0.2) is 9.50 Å². The number of benzene rings is 1. The van der Waals surface area contributed by atoms with Crippen LogP contribution in [-0.2, 0) is 0 Å². The summed E-state index contributed by atoms with van der Waals surface area (Å²) in [5.74, 6) is 0.429. The Morgan fingerprint density at radius 2 is 1.86 bits per heavy atom. The Kier molecular flexibility index (Phi) is 4.14. The van der Waals surface area contributed by atoms with Crippen LogP contribution in [0, 0.1) is 0 Å². The molecule has 140 valence electrons. The molecule has 0 spiro atoms. The van der Waals surface area contributed by atoms with Crippen LogP contribution in [0.5, 0.6) is 0 Å². The van der Waals surface area contributed by atoms with E-state index in [9.17, 15) is 0 Å². The van der Waals surface area contributed by atoms with Crippen LogP contribution >= 0.6 is 0 Å². The topological polar surface area (TPSA) is 84.4 Å². The lowest BCUT2D eigenvalue weighted by molar-refractivity contribution is 0.589. The molecule has 0 unspecified atom stereocenters. The summed E-state index contributed by atoms with van der Waals surface area (Å²) in [5, 5.41) is 7.85. The van der Waals surface area contributed by atoms with Gasteiger partial charge in [0, 0.05) is 56.0 Å². The maximum atomic E-state index is 6.17. The fraction of sp³-hybridized carbons (Fsp3) is 0.190. The molecule has 3 aromatic heterocycles. The lowest BCUT2D eigenvalue weighted by atomic mass is 10.1. The van der Waals surface area contributed by atoms with Crippen molar-refractivity contribution in [2.24, 2.45) is 0 Å². The lowest BCUT2D eigenvalue weighted by Gasteiger charge is -2.29. The van der Waals surface area contributed by atoms with Gasteiger partial charge in [0.2, 0.25) is 0 Å². The van der Waals surface area contributed by atoms with Crippen LogP contribution in [0.4, 0.5) is 11.5 Å². The van der Waals surface area contributed by atoms with Crippen molar-refractivity contribution in [1.29, 1.82) is 0 Å². The number of pyridine rings is 1. The van der Waals surface area contributed by atoms with Crippen molar-refractivity contribution < 1.29 is 0 Å². The van der Waals surface area contributed by atoms with E-state index in [0.717, 1.165) is 48.6 Å². The first-order chi connectivity index (χ1) is 13.8. The van der Waals surface area contributed by atoms with Crippen LogP contribution in [0.25, 0.3) is 28.0 Å². The van der Waals surface area contributed by atoms with Crippen LogP contribution in [0.15, 0.2) is 61.1 Å². The standard InChI is InChI=1S/C21H21N7/c22-20-19(18-6-1-2-7-24-18)21-25-13-16(14-28(21)26-20)15-4-3-5-17(12-15)27-10-8-23-9-11-27/h1-7,12-14,23H,8-11H2,(H2,22,26). The summed E-state index contributed by atoms with van der Waals surface area (Å²) < 4.78 is 1.74. The van der Waals surface area contributed by atoms with Gasteiger partial charge in [-0.15, -0.1) is 5.10 Å². The molecular weight excluding hydrogens is 350 g/mol. The third-order valence-corrected chi connectivity index (χ3v) is 5.08. The number of piperazine rings is 1. The summed E-state index contributed by atoms with van der Waals surface area (Å²) in [4.78, 5) is 11.4. The van der Waals surface area contributed by atoms with Crippen molar-refractivity contribution in [1.82, 2.24) is 24.9 Å². The van der Waals surface area contributed by atoms with Gasteiger partial charge in [-0.2, -0.15) is 0 Å². The van der Waals surface area contributed by atoms with Crippen molar-refractivity contribution in [3.63, 3.8) is 0 Å². The Balaban J connectivity index is 1.54. The highest BCUT2D eigenvalue weighted by atomic mass is 15.3. The normalized spacial score (nSPS) is 14.5. The smallest absolute Gasteiger partial charge is 0.166 e. The van der Waals surface area contributed by atoms with Gasteiger partial charge in [0.05, 0.1) is 11.3 Å². The highest BCUT2D eigenvalue weighted by Crippen LogP contribution is 2.30. The quantitative estimate of drug-likeness (QED) is 0.575. The van der Waals surface area contributed by atoms with E-state index < -0.39 is 0 Å². The molecule has 7 nitrogen and oxygen atoms in total. The molecule has 0 bridgehead atoms. The average Bonchev–Trinajstić information content (AvgIpc) is 3.10. The molecule has 0 amide bonds. The minimum atomic E-state index is 0.429. The van der Waals surface area contributed by atoms with Gasteiger partial charge in [0.1, 0.15) is 0 Å². The molecular formula is C21H21N7. The second-order valence-electron chi connectivity index (χ2n) is 6.87. The molecule has 0 radical (unpaired) electrons. The number of nitrogens with two attached hydrogens (primary N) is 1. The number of nitrogens with one attached hydrogen (secondary N) is 1. The monoisotopic (exact) mass is 371 g/mol. The molecule has 1 fully saturated rings. The van der Waals surface area contributed by atoms with Crippen LogP contribution in [0.1, 0.15) is 0 Å². The molecule has 1 aliphatic heterocycles. The number of fused-ring (bicyclic) bond motifs is 1. The molecule has 1 aromatic carbocycles. The first kappa shape index (κ1) is 16.7. The minimum absolute atomic E-state index is 0.429. The number of aromatic nitrogens is 4. The Labute approximate surface area is 162 Å². The molecule has 7 heteroatoms. The number of anilines is 2. The predicted octanol–water partition coefficient (Wildman–Crippen LogP) is 2.45. The summed E-state index contributed by atoms with van der Waals surface area (Å²) in [7, 11) is 0. The summed E-state index contributed by atoms with van der Waals surface area (Å²) in [5.41, 5.74) is 11.8. The molecule has 0 atom stereocenters. The molecule has 1 saturated heterocycles. The van der Waals surface area contributed by atoms with E-state index in [4.69, 9.17) is 5.73 Å². The largest absolute Gasteiger partial charge is 0.382 e. The van der Waals surface area contributed by atoms with Gasteiger partial charge in [-0.3, -0.25) is 4.98 Å². The van der Waals surface area contributed by atoms with Crippen molar-refractivity contribution in [2.75, 3.05) is 36.8 Å². The third-order valence-electron chi connectivity index (χ3n) is 5.08. The van der Waals surface area contributed by atoms with Gasteiger partial charge in [-0.05, 0) is 29.8 Å². The van der Waals surface area contributed by atoms with Crippen LogP contribution in [0.3, 0.4) is 0 Å². The van der Waals surface area contributed by atoms with E-state index in [1.54, 1.807) is 10.7 Å². The van der Waals surface area contributed by atoms with E-state index >= 15 is 0 Å². The number of hydrogen-bond acceptors (Lipinski definition) is 6. The van der Waals surface area contributed by atoms with Gasteiger partial charge >= 0.3 is 0 Å². The minimum Gasteiger partial charge on any atom is -0.382 e. The second-order valence-corrected chi connectivity index (χ2v) is 6.87. The highest BCUT2D eigenvalue weighted by molar-refractivity contribution is 5.84. The average molecular weight is 371 g/mol. The first-order valence-electron chi connectivity index (χ1n) is 9.41. The van der Waals surface area contributed by atoms with Crippen LogP contribution < -0.4 is 16.0 Å². The number of nitrogen functional groups attached to an aromatic ring is 1. The zero-order valence-electron chi connectivity index (χ0n) is 15.4. The molecule has 1 aliphatic rings. The Bertz CT molecular complexity index is 1110. The molecule has 28 heavy (non-hydrogen) atoms. The van der Waals surface area contributed by atoms with Crippen molar-refractivity contribution in [3.05, 3.63) is 61.1 Å². The third kappa shape index (κ3) is 2.95. The Hall–Kier alpha value is -3.45. The van der Waals surface area contributed by atoms with Crippen molar-refractivity contribution >= 4 is 17.2 Å². The first-order valence-corrected chi connectivity index (χ1v) is 9.41. The summed E-state index contributed by atoms with van der Waals surface area (Å²) in [6.45, 7) is 4.06. The fourth-order valence-corrected chi connectivity index (χ4v) is 3.66. The van der Waals surface area contributed by atoms with E-state index in [-0.39, 0.29) is 0 Å². The van der Waals surface area contributed by atoms with E-state index in [0.29, 0.717) is 11.5 Å². The zero-order valence-corrected chi connectivity index (χ0v) is 15.4. The predicted molar refractivity (Wildman–Crippen MR) is 111 cm³/mol. The summed E-state index contributed by atoms with van der Waals surface area (Å²) in [6.07, 6.45) is 5.59. The molecule has 0 aliphatic carbocycles. The summed E-state index contributed by atoms with van der Waals surface area (Å²) in [6, 6.07) is 14.3. The number of rotatable bonds is 3. The van der Waals surface area contributed by atoms with Crippen LogP contribution in [0.2, 0.25) is 0 Å². The Morgan fingerprint density at radius 3 is 2.68 bits per heavy atom. The van der Waals surface area contributed by atoms with Crippen molar-refractivity contribution in [2.45, 2.75) is 0 Å². The number of hydrogen-bond donors (Lipinski definition) is 2. The van der Waals surface area contributed by atoms with Gasteiger partial charge in [0.25, 0.3) is 0 Å². The molecule has 0 saturated carbocycles. The molecule has 4 aromatic rings. The van der Waals surface area contributed by atoms with E-state index in [2.05, 4.69) is 49.5 Å². The second kappa shape index (κ2) is 6.94. The van der Waals surface area contributed by atoms with Crippen LogP contribution in [-0.4, -0.2) is 45.8 Å². The van der Waals surface area contributed by atoms with Gasteiger partial charge < -0.3 is 16.0 Å². The van der Waals surface area contributed by atoms with Crippen molar-refractivity contribution in [3.8, 4) is 22.4 Å². The van der Waals surface area contributed by atoms with E-state index in [1.165, 1.54) is 5.69 Å². The molecule has 5 rings (SSSR count). The maximum absolute atomic E-state index is 6.17. The fourth-order valence-electron chi connectivity index (χ4n) is 3.66. The molecule has 3 N–H and O–H groups in total. The SMILES string of the molecule is Nc1nn2cc(-c3cccc(N4CCNCC4)c3)cnc2c1-c1ccccn1. The maximum Gasteiger partial charge on any atom is 0.166 e. The molecule has 4 heterocycles. The zero-order chi connectivity index (χ0) is 18.9. The Morgan fingerprint density at radius 1 is 0.964 bits per heavy atom. The summed E-state index contributed by atoms with van der Waals surface area (Å²) >= 11 is 0. The number of nitrogens with zero attached hydrogens (tertiary/aromatic N) is 5. The highest BCUT2D eigenvalue weighted by Gasteiger charge is 2.16.